The molecule has 1 aliphatic carbocycles. The van der Waals surface area contributed by atoms with Crippen molar-refractivity contribution in [3.05, 3.63) is 0 Å². The van der Waals surface area contributed by atoms with Crippen molar-refractivity contribution in [3.63, 3.8) is 0 Å². The van der Waals surface area contributed by atoms with Crippen LogP contribution in [0.15, 0.2) is 0 Å². The molecule has 4 nitrogen and oxygen atoms in total. The monoisotopic (exact) mass is 248 g/mol. The quantitative estimate of drug-likeness (QED) is 0.768. The number of rotatable bonds is 5. The van der Waals surface area contributed by atoms with Crippen molar-refractivity contribution in [2.45, 2.75) is 57.2 Å². The summed E-state index contributed by atoms with van der Waals surface area (Å²) in [6.45, 7) is 4.25. The van der Waals surface area contributed by atoms with E-state index in [1.807, 2.05) is 6.92 Å². The summed E-state index contributed by atoms with van der Waals surface area (Å²) < 4.78 is 26.8. The van der Waals surface area contributed by atoms with Crippen LogP contribution in [0, 0.1) is 5.92 Å². The molecule has 96 valence electrons. The third-order valence-electron chi connectivity index (χ3n) is 3.42. The minimum atomic E-state index is -3.22. The summed E-state index contributed by atoms with van der Waals surface area (Å²) >= 11 is 0. The summed E-state index contributed by atoms with van der Waals surface area (Å²) in [5, 5.41) is -0.440. The lowest BCUT2D eigenvalue weighted by Gasteiger charge is -2.28. The van der Waals surface area contributed by atoms with Gasteiger partial charge < -0.3 is 5.73 Å². The van der Waals surface area contributed by atoms with Gasteiger partial charge in [0.05, 0.1) is 5.25 Å². The SMILES string of the molecule is CCC(CN)S(=O)(=O)NC1CCCC(C)C1. The fraction of sp³-hybridized carbons (Fsp3) is 1.00. The molecule has 16 heavy (non-hydrogen) atoms. The molecule has 0 saturated heterocycles. The fourth-order valence-electron chi connectivity index (χ4n) is 2.38. The second kappa shape index (κ2) is 5.98. The summed E-state index contributed by atoms with van der Waals surface area (Å²) in [5.41, 5.74) is 5.48. The Morgan fingerprint density at radius 2 is 2.12 bits per heavy atom. The van der Waals surface area contributed by atoms with Crippen molar-refractivity contribution in [2.24, 2.45) is 11.7 Å². The molecule has 1 saturated carbocycles. The smallest absolute Gasteiger partial charge is 0.215 e. The van der Waals surface area contributed by atoms with Gasteiger partial charge in [0.25, 0.3) is 0 Å². The predicted molar refractivity (Wildman–Crippen MR) is 66.6 cm³/mol. The average molecular weight is 248 g/mol. The largest absolute Gasteiger partial charge is 0.329 e. The van der Waals surface area contributed by atoms with Gasteiger partial charge in [-0.05, 0) is 25.2 Å². The van der Waals surface area contributed by atoms with Gasteiger partial charge in [0.1, 0.15) is 0 Å². The molecule has 0 heterocycles. The molecule has 1 fully saturated rings. The van der Waals surface area contributed by atoms with Crippen LogP contribution in [-0.4, -0.2) is 26.3 Å². The highest BCUT2D eigenvalue weighted by Crippen LogP contribution is 2.24. The average Bonchev–Trinajstić information content (AvgIpc) is 2.18. The van der Waals surface area contributed by atoms with Crippen molar-refractivity contribution >= 4 is 10.0 Å². The lowest BCUT2D eigenvalue weighted by Crippen LogP contribution is -2.45. The minimum Gasteiger partial charge on any atom is -0.329 e. The van der Waals surface area contributed by atoms with E-state index in [1.165, 1.54) is 6.42 Å². The highest BCUT2D eigenvalue weighted by molar-refractivity contribution is 7.90. The summed E-state index contributed by atoms with van der Waals surface area (Å²) in [5.74, 6) is 0.624. The molecule has 3 unspecified atom stereocenters. The molecule has 0 radical (unpaired) electrons. The van der Waals surface area contributed by atoms with Crippen LogP contribution in [0.5, 0.6) is 0 Å². The van der Waals surface area contributed by atoms with Gasteiger partial charge in [-0.15, -0.1) is 0 Å². The number of nitrogens with one attached hydrogen (secondary N) is 1. The molecule has 0 bridgehead atoms. The second-order valence-corrected chi connectivity index (χ2v) is 6.89. The fourth-order valence-corrected chi connectivity index (χ4v) is 3.95. The molecule has 0 spiro atoms. The normalized spacial score (nSPS) is 28.9. The number of nitrogens with two attached hydrogens (primary N) is 1. The zero-order valence-corrected chi connectivity index (χ0v) is 11.1. The number of hydrogen-bond acceptors (Lipinski definition) is 3. The van der Waals surface area contributed by atoms with Crippen LogP contribution < -0.4 is 10.5 Å². The van der Waals surface area contributed by atoms with Crippen molar-refractivity contribution in [3.8, 4) is 0 Å². The molecule has 1 rings (SSSR count). The molecule has 0 aromatic rings. The second-order valence-electron chi connectivity index (χ2n) is 4.90. The van der Waals surface area contributed by atoms with E-state index >= 15 is 0 Å². The Kier molecular flexibility index (Phi) is 5.21. The van der Waals surface area contributed by atoms with Gasteiger partial charge in [-0.25, -0.2) is 13.1 Å². The number of hydrogen-bond donors (Lipinski definition) is 2. The Morgan fingerprint density at radius 1 is 1.44 bits per heavy atom. The molecule has 0 aromatic heterocycles. The first-order chi connectivity index (χ1) is 7.49. The van der Waals surface area contributed by atoms with E-state index in [9.17, 15) is 8.42 Å². The topological polar surface area (TPSA) is 72.2 Å². The highest BCUT2D eigenvalue weighted by Gasteiger charge is 2.27. The van der Waals surface area contributed by atoms with Crippen LogP contribution in [0.1, 0.15) is 46.0 Å². The van der Waals surface area contributed by atoms with Gasteiger partial charge in [-0.2, -0.15) is 0 Å². The molecule has 0 aromatic carbocycles. The Bertz CT molecular complexity index is 299. The van der Waals surface area contributed by atoms with E-state index in [1.54, 1.807) is 0 Å². The van der Waals surface area contributed by atoms with Gasteiger partial charge >= 0.3 is 0 Å². The van der Waals surface area contributed by atoms with Crippen molar-refractivity contribution in [1.29, 1.82) is 0 Å². The molecular formula is C11H24N2O2S. The molecule has 3 N–H and O–H groups in total. The van der Waals surface area contributed by atoms with Gasteiger partial charge in [-0.1, -0.05) is 26.7 Å². The standard InChI is InChI=1S/C11H24N2O2S/c1-3-11(8-12)16(14,15)13-10-6-4-5-9(2)7-10/h9-11,13H,3-8,12H2,1-2H3. The summed E-state index contributed by atoms with van der Waals surface area (Å²) in [6, 6.07) is 0.120. The molecule has 1 aliphatic rings. The molecule has 5 heteroatoms. The Labute approximate surface area is 99.0 Å². The van der Waals surface area contributed by atoms with Gasteiger partial charge in [-0.3, -0.25) is 0 Å². The van der Waals surface area contributed by atoms with E-state index in [0.717, 1.165) is 19.3 Å². The van der Waals surface area contributed by atoms with Gasteiger partial charge in [0.2, 0.25) is 10.0 Å². The third-order valence-corrected chi connectivity index (χ3v) is 5.49. The van der Waals surface area contributed by atoms with Crippen molar-refractivity contribution < 1.29 is 8.42 Å². The minimum absolute atomic E-state index is 0.120. The van der Waals surface area contributed by atoms with E-state index in [-0.39, 0.29) is 12.6 Å². The summed E-state index contributed by atoms with van der Waals surface area (Å²) in [4.78, 5) is 0. The van der Waals surface area contributed by atoms with Crippen LogP contribution in [0.4, 0.5) is 0 Å². The van der Waals surface area contributed by atoms with Crippen LogP contribution in [0.25, 0.3) is 0 Å². The predicted octanol–water partition coefficient (Wildman–Crippen LogP) is 1.22. The van der Waals surface area contributed by atoms with Crippen LogP contribution >= 0.6 is 0 Å². The first kappa shape index (κ1) is 13.9. The van der Waals surface area contributed by atoms with E-state index < -0.39 is 15.3 Å². The first-order valence-corrected chi connectivity index (χ1v) is 7.75. The summed E-state index contributed by atoms with van der Waals surface area (Å²) in [7, 11) is -3.22. The van der Waals surface area contributed by atoms with Crippen molar-refractivity contribution in [2.75, 3.05) is 6.54 Å². The van der Waals surface area contributed by atoms with Crippen LogP contribution in [0.2, 0.25) is 0 Å². The van der Waals surface area contributed by atoms with Crippen molar-refractivity contribution in [1.82, 2.24) is 4.72 Å². The lowest BCUT2D eigenvalue weighted by atomic mass is 9.88. The van der Waals surface area contributed by atoms with E-state index in [4.69, 9.17) is 5.73 Å². The maximum Gasteiger partial charge on any atom is 0.215 e. The zero-order chi connectivity index (χ0) is 12.2. The van der Waals surface area contributed by atoms with Gasteiger partial charge in [0, 0.05) is 12.6 Å². The van der Waals surface area contributed by atoms with Gasteiger partial charge in [0.15, 0.2) is 0 Å². The Hall–Kier alpha value is -0.130. The molecular weight excluding hydrogens is 224 g/mol. The molecule has 3 atom stereocenters. The number of sulfonamides is 1. The van der Waals surface area contributed by atoms with E-state index in [2.05, 4.69) is 11.6 Å². The zero-order valence-electron chi connectivity index (χ0n) is 10.3. The molecule has 0 amide bonds. The Balaban J connectivity index is 2.57. The summed E-state index contributed by atoms with van der Waals surface area (Å²) in [6.07, 6.45) is 4.83. The highest BCUT2D eigenvalue weighted by atomic mass is 32.2. The Morgan fingerprint density at radius 3 is 2.62 bits per heavy atom. The molecule has 0 aliphatic heterocycles. The lowest BCUT2D eigenvalue weighted by molar-refractivity contribution is 0.326. The van der Waals surface area contributed by atoms with Crippen LogP contribution in [0.3, 0.4) is 0 Å². The van der Waals surface area contributed by atoms with E-state index in [0.29, 0.717) is 12.3 Å². The maximum absolute atomic E-state index is 12.0. The third kappa shape index (κ3) is 3.71. The maximum atomic E-state index is 12.0. The first-order valence-electron chi connectivity index (χ1n) is 6.20. The van der Waals surface area contributed by atoms with Crippen LogP contribution in [-0.2, 0) is 10.0 Å².